The van der Waals surface area contributed by atoms with Gasteiger partial charge in [0.25, 0.3) is 0 Å². The van der Waals surface area contributed by atoms with Gasteiger partial charge in [-0.25, -0.2) is 0 Å². The molecule has 9 nitrogen and oxygen atoms in total. The third kappa shape index (κ3) is 14.3. The molecule has 302 valence electrons. The van der Waals surface area contributed by atoms with Crippen LogP contribution in [0, 0.1) is 22.7 Å². The van der Waals surface area contributed by atoms with Crippen LogP contribution in [0.2, 0.25) is 0 Å². The van der Waals surface area contributed by atoms with Gasteiger partial charge >= 0.3 is 0 Å². The predicted molar refractivity (Wildman–Crippen MR) is 219 cm³/mol. The number of carbonyl (C=O) groups is 3. The second kappa shape index (κ2) is 21.5. The molecule has 2 aliphatic rings. The second-order valence-corrected chi connectivity index (χ2v) is 16.3. The summed E-state index contributed by atoms with van der Waals surface area (Å²) in [5.41, 5.74) is 4.96. The van der Waals surface area contributed by atoms with Gasteiger partial charge in [0.15, 0.2) is 11.6 Å². The van der Waals surface area contributed by atoms with E-state index in [1.165, 1.54) is 0 Å². The first-order valence-corrected chi connectivity index (χ1v) is 19.0. The van der Waals surface area contributed by atoms with Gasteiger partial charge in [-0.05, 0) is 68.9 Å². The maximum atomic E-state index is 13.2. The molecule has 0 aromatic carbocycles. The second-order valence-electron chi connectivity index (χ2n) is 16.3. The van der Waals surface area contributed by atoms with Gasteiger partial charge in [-0.2, -0.15) is 0 Å². The van der Waals surface area contributed by atoms with Crippen LogP contribution in [-0.4, -0.2) is 86.6 Å². The molecule has 0 heterocycles. The van der Waals surface area contributed by atoms with Crippen molar-refractivity contribution in [3.05, 3.63) is 119 Å². The van der Waals surface area contributed by atoms with E-state index >= 15 is 0 Å². The van der Waals surface area contributed by atoms with Crippen molar-refractivity contribution in [2.75, 3.05) is 13.2 Å². The van der Waals surface area contributed by atoms with Crippen LogP contribution in [-0.2, 0) is 19.1 Å². The van der Waals surface area contributed by atoms with Crippen LogP contribution < -0.4 is 0 Å². The summed E-state index contributed by atoms with van der Waals surface area (Å²) in [6.07, 6.45) is 21.1. The van der Waals surface area contributed by atoms with Crippen molar-refractivity contribution in [1.29, 1.82) is 0 Å². The van der Waals surface area contributed by atoms with Gasteiger partial charge in [-0.1, -0.05) is 142 Å². The van der Waals surface area contributed by atoms with Crippen LogP contribution >= 0.6 is 0 Å². The van der Waals surface area contributed by atoms with Crippen molar-refractivity contribution < 1.29 is 44.7 Å². The first-order chi connectivity index (χ1) is 25.6. The van der Waals surface area contributed by atoms with E-state index in [0.717, 1.165) is 27.9 Å². The molecule has 0 bridgehead atoms. The monoisotopic (exact) mass is 760 g/mol. The fraction of sp³-hybridized carbons (Fsp3) is 0.500. The highest BCUT2D eigenvalue weighted by atomic mass is 16.5. The maximum absolute atomic E-state index is 13.2. The molecule has 2 aliphatic carbocycles. The molecule has 0 radical (unpaired) electrons. The molecular formula is C46H64O9. The SMILES string of the molecule is CC1=C(C=C/C(C)=C/C=C/C(C)=C/C=C/C=C(C)/C=C/C=C(\C)C=CC2C(C)C(=O)C(=O)CC2(C)C)C(C)(C)CC(OCC(O)C(O)C(O)C(O)CO)C1=O. The Hall–Kier alpha value is -3.83. The lowest BCUT2D eigenvalue weighted by molar-refractivity contribution is -0.146. The number of ether oxygens (including phenoxy) is 1. The van der Waals surface area contributed by atoms with E-state index < -0.39 is 49.1 Å². The molecule has 7 unspecified atom stereocenters. The van der Waals surface area contributed by atoms with Crippen molar-refractivity contribution in [2.24, 2.45) is 22.7 Å². The average Bonchev–Trinajstić information content (AvgIpc) is 3.11. The van der Waals surface area contributed by atoms with E-state index in [-0.39, 0.29) is 41.0 Å². The Bertz CT molecular complexity index is 1690. The Balaban J connectivity index is 1.95. The summed E-state index contributed by atoms with van der Waals surface area (Å²) >= 11 is 0. The summed E-state index contributed by atoms with van der Waals surface area (Å²) in [4.78, 5) is 37.4. The lowest BCUT2D eigenvalue weighted by Crippen LogP contribution is -2.48. The fourth-order valence-corrected chi connectivity index (χ4v) is 6.86. The Labute approximate surface area is 328 Å². The molecule has 0 aromatic heterocycles. The van der Waals surface area contributed by atoms with Crippen molar-refractivity contribution in [3.8, 4) is 0 Å². The van der Waals surface area contributed by atoms with E-state index in [4.69, 9.17) is 9.84 Å². The van der Waals surface area contributed by atoms with Gasteiger partial charge in [0.05, 0.1) is 13.2 Å². The summed E-state index contributed by atoms with van der Waals surface area (Å²) in [6, 6.07) is 0. The smallest absolute Gasteiger partial charge is 0.201 e. The number of Topliss-reactive ketones (excluding diaryl/α,β-unsaturated/α-hetero) is 3. The van der Waals surface area contributed by atoms with Crippen molar-refractivity contribution in [1.82, 2.24) is 0 Å². The molecule has 1 saturated carbocycles. The number of aliphatic hydroxyl groups excluding tert-OH is 5. The normalized spacial score (nSPS) is 25.7. The van der Waals surface area contributed by atoms with E-state index in [9.17, 15) is 34.8 Å². The first kappa shape index (κ1) is 47.3. The summed E-state index contributed by atoms with van der Waals surface area (Å²) in [5, 5.41) is 48.7. The molecule has 0 aliphatic heterocycles. The van der Waals surface area contributed by atoms with Crippen molar-refractivity contribution >= 4 is 17.3 Å². The molecule has 0 aromatic rings. The number of rotatable bonds is 17. The minimum Gasteiger partial charge on any atom is -0.394 e. The minimum atomic E-state index is -1.76. The quantitative estimate of drug-likeness (QED) is 0.0823. The Morgan fingerprint density at radius 2 is 1.24 bits per heavy atom. The lowest BCUT2D eigenvalue weighted by atomic mass is 9.63. The number of carbonyl (C=O) groups excluding carboxylic acids is 3. The minimum absolute atomic E-state index is 0.0183. The molecular weight excluding hydrogens is 696 g/mol. The van der Waals surface area contributed by atoms with Crippen LogP contribution in [0.1, 0.15) is 82.1 Å². The topological polar surface area (TPSA) is 162 Å². The lowest BCUT2D eigenvalue weighted by Gasteiger charge is -2.39. The Kier molecular flexibility index (Phi) is 18.5. The molecule has 2 rings (SSSR count). The first-order valence-electron chi connectivity index (χ1n) is 19.0. The molecule has 0 saturated heterocycles. The highest BCUT2D eigenvalue weighted by Crippen LogP contribution is 2.42. The molecule has 9 heteroatoms. The number of hydrogen-bond donors (Lipinski definition) is 5. The molecule has 7 atom stereocenters. The standard InChI is InChI=1S/C46H64O9/c1-29(17-13-19-31(3)21-23-35-33(5)41(51)37(48)25-45(35,7)8)15-11-12-16-30(2)18-14-20-32(4)22-24-36-34(6)42(52)40(26-46(36,9)10)55-28-39(50)44(54)43(53)38(49)27-47/h11-24,33,35,38-40,43-44,47,49-50,53-54H,25-28H2,1-10H3/b12-11+,17-13+,18-14+,23-21?,24-22?,29-15+,30-16+,31-19+,32-20+. The molecule has 0 amide bonds. The third-order valence-corrected chi connectivity index (χ3v) is 10.4. The Morgan fingerprint density at radius 3 is 1.78 bits per heavy atom. The zero-order valence-corrected chi connectivity index (χ0v) is 34.3. The number of ketones is 3. The van der Waals surface area contributed by atoms with E-state index in [2.05, 4.69) is 6.08 Å². The van der Waals surface area contributed by atoms with E-state index in [1.54, 1.807) is 6.92 Å². The van der Waals surface area contributed by atoms with Crippen LogP contribution in [0.15, 0.2) is 119 Å². The summed E-state index contributed by atoms with van der Waals surface area (Å²) in [5.74, 6) is -1.04. The zero-order valence-electron chi connectivity index (χ0n) is 34.3. The molecule has 55 heavy (non-hydrogen) atoms. The van der Waals surface area contributed by atoms with Gasteiger partial charge in [0, 0.05) is 12.3 Å². The Morgan fingerprint density at radius 1 is 0.745 bits per heavy atom. The molecule has 1 fully saturated rings. The van der Waals surface area contributed by atoms with Crippen molar-refractivity contribution in [2.45, 2.75) is 113 Å². The van der Waals surface area contributed by atoms with E-state index in [0.29, 0.717) is 12.0 Å². The summed E-state index contributed by atoms with van der Waals surface area (Å²) < 4.78 is 5.67. The van der Waals surface area contributed by atoms with Crippen LogP contribution in [0.3, 0.4) is 0 Å². The highest BCUT2D eigenvalue weighted by molar-refractivity contribution is 6.38. The average molecular weight is 761 g/mol. The van der Waals surface area contributed by atoms with Gasteiger partial charge in [0.1, 0.15) is 30.5 Å². The van der Waals surface area contributed by atoms with Gasteiger partial charge in [0.2, 0.25) is 5.78 Å². The van der Waals surface area contributed by atoms with E-state index in [1.807, 2.05) is 141 Å². The highest BCUT2D eigenvalue weighted by Gasteiger charge is 2.44. The van der Waals surface area contributed by atoms with Crippen molar-refractivity contribution in [3.63, 3.8) is 0 Å². The number of allylic oxidation sites excluding steroid dienone is 19. The predicted octanol–water partition coefficient (Wildman–Crippen LogP) is 6.51. The summed E-state index contributed by atoms with van der Waals surface area (Å²) in [6.45, 7) is 18.5. The number of hydrogen-bond acceptors (Lipinski definition) is 9. The largest absolute Gasteiger partial charge is 0.394 e. The van der Waals surface area contributed by atoms with Crippen LogP contribution in [0.5, 0.6) is 0 Å². The third-order valence-electron chi connectivity index (χ3n) is 10.4. The molecule has 5 N–H and O–H groups in total. The van der Waals surface area contributed by atoms with Gasteiger partial charge in [-0.15, -0.1) is 0 Å². The fourth-order valence-electron chi connectivity index (χ4n) is 6.86. The summed E-state index contributed by atoms with van der Waals surface area (Å²) in [7, 11) is 0. The van der Waals surface area contributed by atoms with Gasteiger partial charge < -0.3 is 30.3 Å². The van der Waals surface area contributed by atoms with Crippen LogP contribution in [0.25, 0.3) is 0 Å². The maximum Gasteiger partial charge on any atom is 0.201 e. The zero-order chi connectivity index (χ0) is 41.7. The van der Waals surface area contributed by atoms with Crippen LogP contribution in [0.4, 0.5) is 0 Å². The number of aliphatic hydroxyl groups is 5. The molecule has 0 spiro atoms. The van der Waals surface area contributed by atoms with Gasteiger partial charge in [-0.3, -0.25) is 14.4 Å².